The zero-order valence-corrected chi connectivity index (χ0v) is 10.2. The van der Waals surface area contributed by atoms with Gasteiger partial charge in [-0.25, -0.2) is 0 Å². The standard InChI is InChI=1S/C9H9BrN2O2S/c10-8-2-1-7(14-8)4-11-3-6-5-15-9(13)12-6/h1-2,5,11H,3-4H2,(H,12,13). The van der Waals surface area contributed by atoms with E-state index in [1.165, 1.54) is 11.3 Å². The monoisotopic (exact) mass is 288 g/mol. The maximum Gasteiger partial charge on any atom is 0.304 e. The van der Waals surface area contributed by atoms with E-state index < -0.39 is 0 Å². The Bertz CT molecular complexity index is 488. The largest absolute Gasteiger partial charge is 0.453 e. The van der Waals surface area contributed by atoms with Crippen LogP contribution in [-0.4, -0.2) is 4.98 Å². The lowest BCUT2D eigenvalue weighted by molar-refractivity contribution is 0.464. The van der Waals surface area contributed by atoms with Crippen LogP contribution in [0.1, 0.15) is 11.5 Å². The van der Waals surface area contributed by atoms with Crippen LogP contribution in [0.15, 0.2) is 31.4 Å². The van der Waals surface area contributed by atoms with Crippen LogP contribution in [0.4, 0.5) is 0 Å². The molecular formula is C9H9BrN2O2S. The van der Waals surface area contributed by atoms with Gasteiger partial charge in [-0.1, -0.05) is 11.3 Å². The van der Waals surface area contributed by atoms with Gasteiger partial charge in [0.25, 0.3) is 0 Å². The van der Waals surface area contributed by atoms with Crippen molar-refractivity contribution in [2.75, 3.05) is 0 Å². The summed E-state index contributed by atoms with van der Waals surface area (Å²) in [6.45, 7) is 1.28. The minimum absolute atomic E-state index is 0.0208. The molecule has 0 bridgehead atoms. The number of nitrogens with one attached hydrogen (secondary N) is 2. The van der Waals surface area contributed by atoms with E-state index in [1.54, 1.807) is 0 Å². The summed E-state index contributed by atoms with van der Waals surface area (Å²) in [4.78, 5) is 13.5. The molecule has 2 rings (SSSR count). The SMILES string of the molecule is O=c1[nH]c(CNCc2ccc(Br)o2)cs1. The zero-order chi connectivity index (χ0) is 10.7. The number of aromatic amines is 1. The fourth-order valence-electron chi connectivity index (χ4n) is 1.17. The van der Waals surface area contributed by atoms with Crippen molar-refractivity contribution in [2.45, 2.75) is 13.1 Å². The van der Waals surface area contributed by atoms with Gasteiger partial charge < -0.3 is 14.7 Å². The van der Waals surface area contributed by atoms with E-state index in [1.807, 2.05) is 17.5 Å². The summed E-state index contributed by atoms with van der Waals surface area (Å²) in [5.41, 5.74) is 0.899. The van der Waals surface area contributed by atoms with Gasteiger partial charge in [-0.15, -0.1) is 0 Å². The molecule has 4 nitrogen and oxygen atoms in total. The number of hydrogen-bond donors (Lipinski definition) is 2. The molecule has 0 spiro atoms. The number of halogens is 1. The van der Waals surface area contributed by atoms with Gasteiger partial charge in [0.15, 0.2) is 4.67 Å². The third-order valence-electron chi connectivity index (χ3n) is 1.81. The van der Waals surface area contributed by atoms with Gasteiger partial charge >= 0.3 is 4.87 Å². The van der Waals surface area contributed by atoms with E-state index in [-0.39, 0.29) is 4.87 Å². The molecular weight excluding hydrogens is 280 g/mol. The van der Waals surface area contributed by atoms with Crippen molar-refractivity contribution in [1.82, 2.24) is 10.3 Å². The first-order valence-electron chi connectivity index (χ1n) is 4.35. The van der Waals surface area contributed by atoms with Gasteiger partial charge in [0.2, 0.25) is 0 Å². The molecule has 6 heteroatoms. The fraction of sp³-hybridized carbons (Fsp3) is 0.222. The van der Waals surface area contributed by atoms with Crippen molar-refractivity contribution < 1.29 is 4.42 Å². The molecule has 2 aromatic rings. The van der Waals surface area contributed by atoms with Gasteiger partial charge in [0.1, 0.15) is 5.76 Å². The zero-order valence-electron chi connectivity index (χ0n) is 7.75. The Balaban J connectivity index is 1.82. The van der Waals surface area contributed by atoms with Crippen LogP contribution in [0.2, 0.25) is 0 Å². The molecule has 0 aliphatic heterocycles. The average molecular weight is 289 g/mol. The Morgan fingerprint density at radius 2 is 2.33 bits per heavy atom. The summed E-state index contributed by atoms with van der Waals surface area (Å²) < 4.78 is 6.04. The van der Waals surface area contributed by atoms with Gasteiger partial charge in [0, 0.05) is 17.6 Å². The first-order chi connectivity index (χ1) is 7.24. The van der Waals surface area contributed by atoms with Gasteiger partial charge in [-0.2, -0.15) is 0 Å². The van der Waals surface area contributed by atoms with Crippen molar-refractivity contribution in [3.05, 3.63) is 43.3 Å². The normalized spacial score (nSPS) is 10.7. The van der Waals surface area contributed by atoms with E-state index in [9.17, 15) is 4.79 Å². The van der Waals surface area contributed by atoms with E-state index in [0.717, 1.165) is 16.1 Å². The van der Waals surface area contributed by atoms with Crippen molar-refractivity contribution in [3.63, 3.8) is 0 Å². The van der Waals surface area contributed by atoms with E-state index >= 15 is 0 Å². The van der Waals surface area contributed by atoms with Crippen LogP contribution in [0, 0.1) is 0 Å². The molecule has 0 atom stereocenters. The van der Waals surface area contributed by atoms with Crippen molar-refractivity contribution in [2.24, 2.45) is 0 Å². The molecule has 0 unspecified atom stereocenters. The predicted molar refractivity (Wildman–Crippen MR) is 61.9 cm³/mol. The number of hydrogen-bond acceptors (Lipinski definition) is 4. The maximum absolute atomic E-state index is 10.8. The van der Waals surface area contributed by atoms with Crippen LogP contribution in [0.25, 0.3) is 0 Å². The van der Waals surface area contributed by atoms with Gasteiger partial charge in [-0.3, -0.25) is 4.79 Å². The van der Waals surface area contributed by atoms with Crippen LogP contribution in [0.5, 0.6) is 0 Å². The molecule has 0 saturated heterocycles. The molecule has 80 valence electrons. The fourth-order valence-corrected chi connectivity index (χ4v) is 2.09. The Morgan fingerprint density at radius 1 is 1.47 bits per heavy atom. The molecule has 2 aromatic heterocycles. The Morgan fingerprint density at radius 3 is 2.93 bits per heavy atom. The summed E-state index contributed by atoms with van der Waals surface area (Å²) in [5, 5.41) is 4.98. The lowest BCUT2D eigenvalue weighted by Gasteiger charge is -1.99. The summed E-state index contributed by atoms with van der Waals surface area (Å²) in [6, 6.07) is 3.75. The number of H-pyrrole nitrogens is 1. The van der Waals surface area contributed by atoms with Crippen molar-refractivity contribution in [1.29, 1.82) is 0 Å². The second-order valence-corrected chi connectivity index (χ2v) is 4.61. The molecule has 0 saturated carbocycles. The Hall–Kier alpha value is -0.850. The first kappa shape index (κ1) is 10.7. The maximum atomic E-state index is 10.8. The Kier molecular flexibility index (Phi) is 3.40. The first-order valence-corrected chi connectivity index (χ1v) is 6.03. The van der Waals surface area contributed by atoms with Crippen LogP contribution in [-0.2, 0) is 13.1 Å². The lowest BCUT2D eigenvalue weighted by atomic mass is 10.4. The predicted octanol–water partition coefficient (Wildman–Crippen LogP) is 2.08. The molecule has 0 fully saturated rings. The van der Waals surface area contributed by atoms with Crippen molar-refractivity contribution in [3.8, 4) is 0 Å². The molecule has 2 heterocycles. The number of furan rings is 1. The highest BCUT2D eigenvalue weighted by molar-refractivity contribution is 9.10. The molecule has 0 aliphatic carbocycles. The third-order valence-corrected chi connectivity index (χ3v) is 2.96. The van der Waals surface area contributed by atoms with Gasteiger partial charge in [-0.05, 0) is 28.1 Å². The summed E-state index contributed by atoms with van der Waals surface area (Å²) >= 11 is 4.40. The number of rotatable bonds is 4. The van der Waals surface area contributed by atoms with Crippen LogP contribution in [0.3, 0.4) is 0 Å². The summed E-state index contributed by atoms with van der Waals surface area (Å²) in [5.74, 6) is 0.861. The third kappa shape index (κ3) is 3.05. The minimum atomic E-state index is -0.0208. The summed E-state index contributed by atoms with van der Waals surface area (Å²) in [7, 11) is 0. The highest BCUT2D eigenvalue weighted by Crippen LogP contribution is 2.13. The molecule has 0 aromatic carbocycles. The number of aromatic nitrogens is 1. The quantitative estimate of drug-likeness (QED) is 0.906. The molecule has 15 heavy (non-hydrogen) atoms. The van der Waals surface area contributed by atoms with E-state index in [2.05, 4.69) is 26.2 Å². The van der Waals surface area contributed by atoms with Crippen LogP contribution < -0.4 is 10.2 Å². The highest BCUT2D eigenvalue weighted by atomic mass is 79.9. The molecule has 0 aliphatic rings. The molecule has 0 radical (unpaired) electrons. The smallest absolute Gasteiger partial charge is 0.304 e. The van der Waals surface area contributed by atoms with Gasteiger partial charge in [0.05, 0.1) is 6.54 Å². The second-order valence-electron chi connectivity index (χ2n) is 2.98. The Labute approximate surface area is 98.5 Å². The number of thiazole rings is 1. The highest BCUT2D eigenvalue weighted by Gasteiger charge is 2.00. The lowest BCUT2D eigenvalue weighted by Crippen LogP contribution is -2.13. The molecule has 2 N–H and O–H groups in total. The molecule has 0 amide bonds. The minimum Gasteiger partial charge on any atom is -0.453 e. The van der Waals surface area contributed by atoms with E-state index in [4.69, 9.17) is 4.42 Å². The average Bonchev–Trinajstić information content (AvgIpc) is 2.76. The van der Waals surface area contributed by atoms with Crippen molar-refractivity contribution >= 4 is 27.3 Å². The summed E-state index contributed by atoms with van der Waals surface area (Å²) in [6.07, 6.45) is 0. The second kappa shape index (κ2) is 4.78. The topological polar surface area (TPSA) is 58.0 Å². The van der Waals surface area contributed by atoms with Crippen LogP contribution >= 0.6 is 27.3 Å². The van der Waals surface area contributed by atoms with E-state index in [0.29, 0.717) is 13.1 Å².